The van der Waals surface area contributed by atoms with Gasteiger partial charge in [-0.05, 0) is 60.8 Å². The molecule has 0 radical (unpaired) electrons. The first-order valence-corrected chi connectivity index (χ1v) is 8.18. The number of nitrogens with one attached hydrogen (secondary N) is 2. The minimum Gasteiger partial charge on any atom is -0.435 e. The van der Waals surface area contributed by atoms with Crippen molar-refractivity contribution in [3.05, 3.63) is 46.7 Å². The van der Waals surface area contributed by atoms with Crippen LogP contribution >= 0.6 is 11.3 Å². The van der Waals surface area contributed by atoms with Gasteiger partial charge in [0.25, 0.3) is 0 Å². The summed E-state index contributed by atoms with van der Waals surface area (Å²) < 4.78 is 28.4. The molecule has 0 fully saturated rings. The second-order valence-electron chi connectivity index (χ2n) is 5.27. The molecule has 24 heavy (non-hydrogen) atoms. The fourth-order valence-electron chi connectivity index (χ4n) is 2.15. The highest BCUT2D eigenvalue weighted by atomic mass is 32.1. The van der Waals surface area contributed by atoms with Crippen LogP contribution in [0.1, 0.15) is 11.6 Å². The van der Waals surface area contributed by atoms with Gasteiger partial charge in [0.1, 0.15) is 5.75 Å². The lowest BCUT2D eigenvalue weighted by Gasteiger charge is -2.24. The molecule has 1 atom stereocenters. The SMILES string of the molecule is CN(C)[C@@H](CNC(=O)Nc1ccc(OC(F)F)cc1)c1ccsc1. The van der Waals surface area contributed by atoms with Gasteiger partial charge in [-0.1, -0.05) is 0 Å². The fourth-order valence-corrected chi connectivity index (χ4v) is 2.85. The van der Waals surface area contributed by atoms with Crippen molar-refractivity contribution in [3.63, 3.8) is 0 Å². The summed E-state index contributed by atoms with van der Waals surface area (Å²) in [5, 5.41) is 9.50. The zero-order valence-corrected chi connectivity index (χ0v) is 14.1. The van der Waals surface area contributed by atoms with Crippen LogP contribution in [0, 0.1) is 0 Å². The third-order valence-electron chi connectivity index (χ3n) is 3.34. The molecule has 0 saturated carbocycles. The Morgan fingerprint density at radius 3 is 2.50 bits per heavy atom. The maximum Gasteiger partial charge on any atom is 0.387 e. The Kier molecular flexibility index (Phi) is 6.51. The van der Waals surface area contributed by atoms with E-state index in [9.17, 15) is 13.6 Å². The van der Waals surface area contributed by atoms with E-state index >= 15 is 0 Å². The zero-order chi connectivity index (χ0) is 17.5. The molecule has 2 amide bonds. The Morgan fingerprint density at radius 2 is 1.96 bits per heavy atom. The van der Waals surface area contributed by atoms with Crippen LogP contribution in [0.25, 0.3) is 0 Å². The van der Waals surface area contributed by atoms with E-state index in [0.29, 0.717) is 12.2 Å². The van der Waals surface area contributed by atoms with Gasteiger partial charge in [0.2, 0.25) is 0 Å². The van der Waals surface area contributed by atoms with Gasteiger partial charge in [0, 0.05) is 12.2 Å². The van der Waals surface area contributed by atoms with Crippen molar-refractivity contribution < 1.29 is 18.3 Å². The quantitative estimate of drug-likeness (QED) is 0.795. The maximum absolute atomic E-state index is 12.1. The van der Waals surface area contributed by atoms with Gasteiger partial charge in [-0.2, -0.15) is 20.1 Å². The molecule has 8 heteroatoms. The number of ether oxygens (including phenoxy) is 1. The molecule has 130 valence electrons. The highest BCUT2D eigenvalue weighted by Gasteiger charge is 2.15. The molecule has 0 aliphatic carbocycles. The van der Waals surface area contributed by atoms with Crippen molar-refractivity contribution in [2.75, 3.05) is 26.0 Å². The molecule has 1 aromatic heterocycles. The molecular weight excluding hydrogens is 336 g/mol. The summed E-state index contributed by atoms with van der Waals surface area (Å²) in [5.41, 5.74) is 1.63. The molecule has 0 bridgehead atoms. The van der Waals surface area contributed by atoms with Crippen LogP contribution < -0.4 is 15.4 Å². The maximum atomic E-state index is 12.1. The number of carbonyl (C=O) groups is 1. The van der Waals surface area contributed by atoms with E-state index in [4.69, 9.17) is 0 Å². The highest BCUT2D eigenvalue weighted by Crippen LogP contribution is 2.20. The van der Waals surface area contributed by atoms with E-state index in [1.54, 1.807) is 11.3 Å². The monoisotopic (exact) mass is 355 g/mol. The summed E-state index contributed by atoms with van der Waals surface area (Å²) in [6.45, 7) is -2.42. The van der Waals surface area contributed by atoms with Gasteiger partial charge < -0.3 is 20.3 Å². The first kappa shape index (κ1) is 18.2. The summed E-state index contributed by atoms with van der Waals surface area (Å²) >= 11 is 1.61. The number of hydrogen-bond donors (Lipinski definition) is 2. The number of anilines is 1. The van der Waals surface area contributed by atoms with Crippen LogP contribution in [0.4, 0.5) is 19.3 Å². The number of halogens is 2. The first-order chi connectivity index (χ1) is 11.5. The molecule has 0 aliphatic heterocycles. The number of nitrogens with zero attached hydrogens (tertiary/aromatic N) is 1. The summed E-state index contributed by atoms with van der Waals surface area (Å²) in [6.07, 6.45) is 0. The van der Waals surface area contributed by atoms with Crippen molar-refractivity contribution >= 4 is 23.1 Å². The standard InChI is InChI=1S/C16H19F2N3O2S/c1-21(2)14(11-7-8-24-10-11)9-19-16(22)20-12-3-5-13(6-4-12)23-15(17)18/h3-8,10,14-15H,9H2,1-2H3,(H2,19,20,22)/t14-/m0/s1. The van der Waals surface area contributed by atoms with Crippen molar-refractivity contribution in [1.29, 1.82) is 0 Å². The average Bonchev–Trinajstić information content (AvgIpc) is 3.02. The van der Waals surface area contributed by atoms with Crippen LogP contribution in [0.2, 0.25) is 0 Å². The topological polar surface area (TPSA) is 53.6 Å². The Morgan fingerprint density at radius 1 is 1.25 bits per heavy atom. The van der Waals surface area contributed by atoms with Gasteiger partial charge in [0.05, 0.1) is 6.04 Å². The Labute approximate surface area is 143 Å². The third-order valence-corrected chi connectivity index (χ3v) is 4.05. The molecule has 0 spiro atoms. The van der Waals surface area contributed by atoms with E-state index in [1.807, 2.05) is 35.8 Å². The molecule has 1 heterocycles. The van der Waals surface area contributed by atoms with Crippen LogP contribution in [-0.4, -0.2) is 38.2 Å². The molecule has 2 aromatic rings. The van der Waals surface area contributed by atoms with Crippen LogP contribution in [0.15, 0.2) is 41.1 Å². The first-order valence-electron chi connectivity index (χ1n) is 7.24. The number of alkyl halides is 2. The molecule has 2 N–H and O–H groups in total. The number of hydrogen-bond acceptors (Lipinski definition) is 4. The van der Waals surface area contributed by atoms with Crippen molar-refractivity contribution in [3.8, 4) is 5.75 Å². The lowest BCUT2D eigenvalue weighted by Crippen LogP contribution is -2.36. The number of carbonyl (C=O) groups excluding carboxylic acids is 1. The smallest absolute Gasteiger partial charge is 0.387 e. The minimum atomic E-state index is -2.87. The largest absolute Gasteiger partial charge is 0.435 e. The van der Waals surface area contributed by atoms with Crippen LogP contribution in [0.5, 0.6) is 5.75 Å². The summed E-state index contributed by atoms with van der Waals surface area (Å²) in [6, 6.07) is 7.48. The second-order valence-corrected chi connectivity index (χ2v) is 6.05. The fraction of sp³-hybridized carbons (Fsp3) is 0.312. The van der Waals surface area contributed by atoms with Gasteiger partial charge >= 0.3 is 12.6 Å². The Bertz CT molecular complexity index is 633. The van der Waals surface area contributed by atoms with Crippen molar-refractivity contribution in [1.82, 2.24) is 10.2 Å². The number of rotatable bonds is 7. The van der Waals surface area contributed by atoms with Gasteiger partial charge in [-0.3, -0.25) is 0 Å². The van der Waals surface area contributed by atoms with E-state index < -0.39 is 6.61 Å². The zero-order valence-electron chi connectivity index (χ0n) is 13.3. The molecular formula is C16H19F2N3O2S. The van der Waals surface area contributed by atoms with Crippen LogP contribution in [-0.2, 0) is 0 Å². The minimum absolute atomic E-state index is 0.0427. The van der Waals surface area contributed by atoms with Gasteiger partial charge in [-0.15, -0.1) is 0 Å². The summed E-state index contributed by atoms with van der Waals surface area (Å²) in [5.74, 6) is 0.0427. The summed E-state index contributed by atoms with van der Waals surface area (Å²) in [7, 11) is 3.90. The number of likely N-dealkylation sites (N-methyl/N-ethyl adjacent to an activating group) is 1. The Hall–Kier alpha value is -2.19. The molecule has 0 saturated heterocycles. The van der Waals surface area contributed by atoms with Gasteiger partial charge in [0.15, 0.2) is 0 Å². The predicted octanol–water partition coefficient (Wildman–Crippen LogP) is 3.77. The van der Waals surface area contributed by atoms with E-state index in [1.165, 1.54) is 24.3 Å². The molecule has 2 rings (SSSR count). The average molecular weight is 355 g/mol. The third kappa shape index (κ3) is 5.47. The highest BCUT2D eigenvalue weighted by molar-refractivity contribution is 7.07. The normalized spacial score (nSPS) is 12.2. The number of amides is 2. The number of benzene rings is 1. The molecule has 0 unspecified atom stereocenters. The van der Waals surface area contributed by atoms with Gasteiger partial charge in [-0.25, -0.2) is 4.79 Å². The number of thiophene rings is 1. The van der Waals surface area contributed by atoms with E-state index in [-0.39, 0.29) is 17.8 Å². The molecule has 1 aromatic carbocycles. The van der Waals surface area contributed by atoms with E-state index in [2.05, 4.69) is 15.4 Å². The van der Waals surface area contributed by atoms with E-state index in [0.717, 1.165) is 5.56 Å². The second kappa shape index (κ2) is 8.60. The number of urea groups is 1. The lowest BCUT2D eigenvalue weighted by molar-refractivity contribution is -0.0498. The Balaban J connectivity index is 1.86. The van der Waals surface area contributed by atoms with Crippen molar-refractivity contribution in [2.45, 2.75) is 12.7 Å². The van der Waals surface area contributed by atoms with Crippen LogP contribution in [0.3, 0.4) is 0 Å². The lowest BCUT2D eigenvalue weighted by atomic mass is 10.1. The molecule has 5 nitrogen and oxygen atoms in total. The summed E-state index contributed by atoms with van der Waals surface area (Å²) in [4.78, 5) is 14.0. The van der Waals surface area contributed by atoms with Crippen molar-refractivity contribution in [2.24, 2.45) is 0 Å². The predicted molar refractivity (Wildman–Crippen MR) is 90.8 cm³/mol. The molecule has 0 aliphatic rings.